The Bertz CT molecular complexity index is 3010. The molecule has 0 spiro atoms. The molecule has 0 fully saturated rings. The van der Waals surface area contributed by atoms with Gasteiger partial charge in [-0.05, 0) is 82.6 Å². The zero-order valence-electron chi connectivity index (χ0n) is 31.9. The van der Waals surface area contributed by atoms with Crippen LogP contribution >= 0.6 is 46.1 Å². The zero-order valence-corrected chi connectivity index (χ0v) is 35.2. The van der Waals surface area contributed by atoms with Crippen LogP contribution in [0.5, 0.6) is 0 Å². The lowest BCUT2D eigenvalue weighted by atomic mass is 9.89. The van der Waals surface area contributed by atoms with E-state index in [0.717, 1.165) is 44.2 Å². The van der Waals surface area contributed by atoms with Crippen molar-refractivity contribution in [1.29, 1.82) is 0 Å². The van der Waals surface area contributed by atoms with Gasteiger partial charge in [0.25, 0.3) is 11.6 Å². The highest BCUT2D eigenvalue weighted by Crippen LogP contribution is 2.47. The number of aromatic nitrogens is 4. The van der Waals surface area contributed by atoms with Gasteiger partial charge < -0.3 is 30.7 Å². The Morgan fingerprint density at radius 2 is 1.08 bits per heavy atom. The van der Waals surface area contributed by atoms with E-state index in [4.69, 9.17) is 15.2 Å². The molecular formula is C44H32N6O7S4. The summed E-state index contributed by atoms with van der Waals surface area (Å²) in [5.41, 5.74) is 13.6. The van der Waals surface area contributed by atoms with Crippen LogP contribution in [0.4, 0.5) is 11.4 Å². The van der Waals surface area contributed by atoms with Gasteiger partial charge in [-0.2, -0.15) is 17.5 Å². The molecule has 2 aliphatic heterocycles. The quantitative estimate of drug-likeness (QED) is 0.0810. The zero-order chi connectivity index (χ0) is 42.3. The Morgan fingerprint density at radius 1 is 0.639 bits per heavy atom. The van der Waals surface area contributed by atoms with E-state index in [2.05, 4.69) is 22.8 Å². The van der Waals surface area contributed by atoms with E-state index in [9.17, 15) is 24.6 Å². The predicted octanol–water partition coefficient (Wildman–Crippen LogP) is 7.84. The van der Waals surface area contributed by atoms with Gasteiger partial charge in [0.15, 0.2) is 0 Å². The number of nitrogen functional groups attached to an aromatic ring is 1. The van der Waals surface area contributed by atoms with Crippen LogP contribution < -0.4 is 11.1 Å². The highest BCUT2D eigenvalue weighted by Gasteiger charge is 2.49. The molecule has 0 radical (unpaired) electrons. The SMILES string of the molecule is CC(=O)Nc1ccc(C2(O)OC(=O)C(c3ccc4nsnc4c3)=C2Cc2cccs2)cc1.Nc1ccc(C2(O)OC(=O)C(c3ccc4nsnc4c3)=C2Cc2cccs2)cc1. The highest BCUT2D eigenvalue weighted by atomic mass is 32.1. The van der Waals surface area contributed by atoms with Gasteiger partial charge in [0.05, 0.1) is 34.6 Å². The first-order valence-corrected chi connectivity index (χ1v) is 21.8. The molecule has 0 saturated carbocycles. The third kappa shape index (κ3) is 7.74. The first-order chi connectivity index (χ1) is 29.5. The second kappa shape index (κ2) is 16.2. The largest absolute Gasteiger partial charge is 0.421 e. The summed E-state index contributed by atoms with van der Waals surface area (Å²) in [7, 11) is 0. The molecule has 4 aromatic heterocycles. The number of nitrogens with one attached hydrogen (secondary N) is 1. The van der Waals surface area contributed by atoms with Crippen molar-refractivity contribution >= 4 is 109 Å². The number of ether oxygens (including phenoxy) is 2. The summed E-state index contributed by atoms with van der Waals surface area (Å²) >= 11 is 5.31. The fourth-order valence-electron chi connectivity index (χ4n) is 7.29. The van der Waals surface area contributed by atoms with Crippen molar-refractivity contribution in [3.05, 3.63) is 163 Å². The number of carbonyl (C=O) groups excluding carboxylic acids is 3. The Labute approximate surface area is 363 Å². The second-order valence-corrected chi connectivity index (χ2v) is 17.2. The molecule has 0 bridgehead atoms. The number of nitrogens with two attached hydrogens (primary N) is 1. The van der Waals surface area contributed by atoms with Crippen LogP contribution in [0.15, 0.2) is 131 Å². The Hall–Kier alpha value is -6.47. The number of hydrogen-bond acceptors (Lipinski definition) is 16. The lowest BCUT2D eigenvalue weighted by Crippen LogP contribution is -2.29. The van der Waals surface area contributed by atoms with Gasteiger partial charge in [-0.3, -0.25) is 4.79 Å². The summed E-state index contributed by atoms with van der Waals surface area (Å²) in [5, 5.41) is 29.8. The molecular weight excluding hydrogens is 853 g/mol. The maximum Gasteiger partial charge on any atom is 0.342 e. The van der Waals surface area contributed by atoms with Crippen molar-refractivity contribution in [3.8, 4) is 0 Å². The van der Waals surface area contributed by atoms with Crippen molar-refractivity contribution in [1.82, 2.24) is 17.5 Å². The van der Waals surface area contributed by atoms with Crippen LogP contribution in [0.2, 0.25) is 0 Å². The molecule has 0 aliphatic carbocycles. The predicted molar refractivity (Wildman–Crippen MR) is 236 cm³/mol. The van der Waals surface area contributed by atoms with E-state index in [-0.39, 0.29) is 5.91 Å². The third-order valence-corrected chi connectivity index (χ3v) is 13.0. The molecule has 2 aliphatic rings. The summed E-state index contributed by atoms with van der Waals surface area (Å²) < 4.78 is 28.1. The number of carbonyl (C=O) groups is 3. The number of rotatable bonds is 9. The van der Waals surface area contributed by atoms with Crippen molar-refractivity contribution in [2.75, 3.05) is 11.1 Å². The van der Waals surface area contributed by atoms with Gasteiger partial charge in [0.1, 0.15) is 22.1 Å². The fraction of sp³-hybridized carbons (Fsp3) is 0.114. The van der Waals surface area contributed by atoms with Crippen LogP contribution in [0.25, 0.3) is 33.2 Å². The third-order valence-electron chi connectivity index (χ3n) is 10.2. The van der Waals surface area contributed by atoms with Crippen LogP contribution in [0, 0.1) is 0 Å². The van der Waals surface area contributed by atoms with Crippen molar-refractivity contribution in [2.24, 2.45) is 0 Å². The van der Waals surface area contributed by atoms with Gasteiger partial charge in [0.2, 0.25) is 5.91 Å². The summed E-state index contributed by atoms with van der Waals surface area (Å²) in [6, 6.07) is 31.9. The summed E-state index contributed by atoms with van der Waals surface area (Å²) in [6.45, 7) is 1.42. The minimum atomic E-state index is -1.93. The molecule has 10 rings (SSSR count). The first kappa shape index (κ1) is 40.0. The highest BCUT2D eigenvalue weighted by molar-refractivity contribution is 7.10. The average molecular weight is 885 g/mol. The molecule has 6 heterocycles. The number of hydrogen-bond donors (Lipinski definition) is 4. The Morgan fingerprint density at radius 3 is 1.51 bits per heavy atom. The van der Waals surface area contributed by atoms with Gasteiger partial charge in [-0.15, -0.1) is 22.7 Å². The van der Waals surface area contributed by atoms with E-state index in [1.165, 1.54) is 18.3 Å². The van der Waals surface area contributed by atoms with E-state index in [0.29, 0.717) is 79.8 Å². The summed E-state index contributed by atoms with van der Waals surface area (Å²) in [4.78, 5) is 39.3. The van der Waals surface area contributed by atoms with Gasteiger partial charge in [-0.1, -0.05) is 48.5 Å². The minimum Gasteiger partial charge on any atom is -0.421 e. The smallest absolute Gasteiger partial charge is 0.342 e. The molecule has 0 saturated heterocycles. The van der Waals surface area contributed by atoms with E-state index in [1.54, 1.807) is 84.1 Å². The van der Waals surface area contributed by atoms with Crippen LogP contribution in [-0.4, -0.2) is 45.6 Å². The number of cyclic esters (lactones) is 2. The monoisotopic (exact) mass is 884 g/mol. The van der Waals surface area contributed by atoms with E-state index >= 15 is 0 Å². The van der Waals surface area contributed by atoms with Gasteiger partial charge in [-0.25, -0.2) is 9.59 Å². The first-order valence-electron chi connectivity index (χ1n) is 18.6. The van der Waals surface area contributed by atoms with Crippen molar-refractivity contribution in [2.45, 2.75) is 31.3 Å². The number of benzene rings is 4. The minimum absolute atomic E-state index is 0.198. The van der Waals surface area contributed by atoms with Gasteiger partial charge in [0, 0.05) is 63.2 Å². The maximum absolute atomic E-state index is 13.1. The van der Waals surface area contributed by atoms with E-state index < -0.39 is 23.5 Å². The van der Waals surface area contributed by atoms with E-state index in [1.807, 2.05) is 47.2 Å². The van der Waals surface area contributed by atoms with Crippen LogP contribution in [0.3, 0.4) is 0 Å². The standard InChI is InChI=1S/C23H17N3O4S2.C21H15N3O3S2/c1-13(27)24-16-7-5-15(6-8-16)23(29)18(12-17-3-2-10-31-17)21(22(28)30-23)14-4-9-19-20(11-14)26-32-25-19;22-14-6-4-13(5-7-14)21(26)16(11-15-2-1-9-28-15)19(20(25)27-21)12-3-8-17-18(10-12)24-29-23-17/h2-11,29H,12H2,1H3,(H,24,27);1-10,26H,11,22H2. The Kier molecular flexibility index (Phi) is 10.6. The van der Waals surface area contributed by atoms with Gasteiger partial charge >= 0.3 is 11.9 Å². The number of thiophene rings is 2. The number of fused-ring (bicyclic) bond motifs is 2. The maximum atomic E-state index is 13.1. The van der Waals surface area contributed by atoms with Crippen LogP contribution in [0.1, 0.15) is 38.9 Å². The molecule has 5 N–H and O–H groups in total. The Balaban J connectivity index is 0.000000157. The molecule has 2 unspecified atom stereocenters. The fourth-order valence-corrected chi connectivity index (χ4v) is 9.76. The molecule has 61 heavy (non-hydrogen) atoms. The molecule has 2 atom stereocenters. The number of anilines is 2. The van der Waals surface area contributed by atoms with Crippen molar-refractivity contribution < 1.29 is 34.1 Å². The average Bonchev–Trinajstić information content (AvgIpc) is 4.11. The number of esters is 2. The molecule has 13 nitrogen and oxygen atoms in total. The van der Waals surface area contributed by atoms with Crippen molar-refractivity contribution in [3.63, 3.8) is 0 Å². The lowest BCUT2D eigenvalue weighted by molar-refractivity contribution is -0.186. The molecule has 1 amide bonds. The number of amides is 1. The van der Waals surface area contributed by atoms with Crippen LogP contribution in [-0.2, 0) is 48.3 Å². The normalized spacial score (nSPS) is 18.7. The molecule has 8 aromatic rings. The summed E-state index contributed by atoms with van der Waals surface area (Å²) in [6.07, 6.45) is 0.725. The summed E-state index contributed by atoms with van der Waals surface area (Å²) in [5.74, 6) is -5.16. The topological polar surface area (TPSA) is 200 Å². The number of aliphatic hydroxyl groups is 2. The molecule has 304 valence electrons. The molecule has 17 heteroatoms. The number of nitrogens with zero attached hydrogens (tertiary/aromatic N) is 4. The lowest BCUT2D eigenvalue weighted by Gasteiger charge is -2.25. The molecule has 4 aromatic carbocycles. The second-order valence-electron chi connectivity index (χ2n) is 14.1.